The topological polar surface area (TPSA) is 82.4 Å². The standard InChI is InChI=1S/C19H21NO5S/c1-3-12-25-19(22)15-10-11-20-16(15)8-9-17(20)18(21)13-4-6-14(7-5-13)26(2,23)24/h4-9,15H,3,10-12H2,1-2H3. The number of nitrogens with zero attached hydrogens (tertiary/aromatic N) is 1. The summed E-state index contributed by atoms with van der Waals surface area (Å²) in [5.74, 6) is -0.783. The maximum atomic E-state index is 12.8. The molecule has 0 amide bonds. The van der Waals surface area contributed by atoms with Crippen LogP contribution in [0.4, 0.5) is 0 Å². The molecule has 1 aromatic carbocycles. The van der Waals surface area contributed by atoms with Crippen LogP contribution in [-0.4, -0.2) is 37.6 Å². The Morgan fingerprint density at radius 1 is 1.15 bits per heavy atom. The predicted molar refractivity (Wildman–Crippen MR) is 96.0 cm³/mol. The highest BCUT2D eigenvalue weighted by molar-refractivity contribution is 7.90. The van der Waals surface area contributed by atoms with Crippen LogP contribution in [0.3, 0.4) is 0 Å². The average Bonchev–Trinajstić information content (AvgIpc) is 3.20. The van der Waals surface area contributed by atoms with E-state index in [4.69, 9.17) is 4.74 Å². The van der Waals surface area contributed by atoms with Crippen LogP contribution in [0.2, 0.25) is 0 Å². The van der Waals surface area contributed by atoms with E-state index in [0.717, 1.165) is 18.4 Å². The molecule has 0 aliphatic carbocycles. The van der Waals surface area contributed by atoms with Crippen LogP contribution in [0.5, 0.6) is 0 Å². The van der Waals surface area contributed by atoms with Gasteiger partial charge in [0.05, 0.1) is 23.1 Å². The number of sulfone groups is 1. The molecule has 1 atom stereocenters. The van der Waals surface area contributed by atoms with Crippen molar-refractivity contribution in [3.63, 3.8) is 0 Å². The lowest BCUT2D eigenvalue weighted by molar-refractivity contribution is -0.145. The van der Waals surface area contributed by atoms with Crippen LogP contribution in [0.15, 0.2) is 41.3 Å². The number of benzene rings is 1. The van der Waals surface area contributed by atoms with Gasteiger partial charge in [-0.2, -0.15) is 0 Å². The first-order valence-corrected chi connectivity index (χ1v) is 10.4. The normalized spacial score (nSPS) is 16.3. The summed E-state index contributed by atoms with van der Waals surface area (Å²) in [6.45, 7) is 2.92. The van der Waals surface area contributed by atoms with Gasteiger partial charge in [-0.25, -0.2) is 8.42 Å². The number of rotatable bonds is 6. The van der Waals surface area contributed by atoms with Crippen molar-refractivity contribution >= 4 is 21.6 Å². The van der Waals surface area contributed by atoms with Crippen molar-refractivity contribution in [2.24, 2.45) is 0 Å². The monoisotopic (exact) mass is 375 g/mol. The number of hydrogen-bond donors (Lipinski definition) is 0. The van der Waals surface area contributed by atoms with Gasteiger partial charge in [0.15, 0.2) is 9.84 Å². The lowest BCUT2D eigenvalue weighted by Gasteiger charge is -2.09. The van der Waals surface area contributed by atoms with Crippen LogP contribution in [0.1, 0.15) is 47.4 Å². The Hall–Kier alpha value is -2.41. The summed E-state index contributed by atoms with van der Waals surface area (Å²) in [5.41, 5.74) is 1.70. The zero-order valence-corrected chi connectivity index (χ0v) is 15.6. The minimum absolute atomic E-state index is 0.174. The predicted octanol–water partition coefficient (Wildman–Crippen LogP) is 2.56. The van der Waals surface area contributed by atoms with E-state index in [2.05, 4.69) is 0 Å². The van der Waals surface area contributed by atoms with Gasteiger partial charge >= 0.3 is 5.97 Å². The van der Waals surface area contributed by atoms with Gasteiger partial charge in [-0.3, -0.25) is 9.59 Å². The summed E-state index contributed by atoms with van der Waals surface area (Å²) in [4.78, 5) is 25.1. The highest BCUT2D eigenvalue weighted by atomic mass is 32.2. The third-order valence-electron chi connectivity index (χ3n) is 4.52. The molecule has 0 radical (unpaired) electrons. The maximum absolute atomic E-state index is 12.8. The van der Waals surface area contributed by atoms with E-state index in [9.17, 15) is 18.0 Å². The summed E-state index contributed by atoms with van der Waals surface area (Å²) in [6.07, 6.45) is 2.51. The fourth-order valence-electron chi connectivity index (χ4n) is 3.18. The lowest BCUT2D eigenvalue weighted by Crippen LogP contribution is -2.14. The average molecular weight is 375 g/mol. The van der Waals surface area contributed by atoms with Gasteiger partial charge in [-0.05, 0) is 49.2 Å². The summed E-state index contributed by atoms with van der Waals surface area (Å²) >= 11 is 0. The quantitative estimate of drug-likeness (QED) is 0.572. The SMILES string of the molecule is CCCOC(=O)C1CCn2c(C(=O)c3ccc(S(C)(=O)=O)cc3)ccc21. The minimum atomic E-state index is -3.30. The molecule has 0 saturated carbocycles. The highest BCUT2D eigenvalue weighted by Crippen LogP contribution is 2.32. The fraction of sp³-hybridized carbons (Fsp3) is 0.368. The third kappa shape index (κ3) is 3.44. The Balaban J connectivity index is 1.84. The van der Waals surface area contributed by atoms with E-state index < -0.39 is 9.84 Å². The Morgan fingerprint density at radius 2 is 1.85 bits per heavy atom. The molecule has 2 heterocycles. The van der Waals surface area contributed by atoms with E-state index in [0.29, 0.717) is 30.8 Å². The molecular weight excluding hydrogens is 354 g/mol. The number of ketones is 1. The van der Waals surface area contributed by atoms with E-state index in [1.165, 1.54) is 24.3 Å². The largest absolute Gasteiger partial charge is 0.465 e. The van der Waals surface area contributed by atoms with Gasteiger partial charge in [-0.1, -0.05) is 6.92 Å². The number of fused-ring (bicyclic) bond motifs is 1. The van der Waals surface area contributed by atoms with Crippen molar-refractivity contribution in [1.29, 1.82) is 0 Å². The second-order valence-corrected chi connectivity index (χ2v) is 8.45. The summed E-state index contributed by atoms with van der Waals surface area (Å²) < 4.78 is 30.2. The molecule has 0 spiro atoms. The second kappa shape index (κ2) is 7.07. The molecule has 0 N–H and O–H groups in total. The summed E-state index contributed by atoms with van der Waals surface area (Å²) in [5, 5.41) is 0. The van der Waals surface area contributed by atoms with Crippen molar-refractivity contribution in [1.82, 2.24) is 4.57 Å². The zero-order chi connectivity index (χ0) is 18.9. The number of hydrogen-bond acceptors (Lipinski definition) is 5. The van der Waals surface area contributed by atoms with E-state index >= 15 is 0 Å². The molecule has 1 aliphatic heterocycles. The van der Waals surface area contributed by atoms with Crippen molar-refractivity contribution in [2.75, 3.05) is 12.9 Å². The Labute approximate surface area is 152 Å². The maximum Gasteiger partial charge on any atom is 0.315 e. The van der Waals surface area contributed by atoms with Crippen LogP contribution in [0, 0.1) is 0 Å². The van der Waals surface area contributed by atoms with E-state index in [-0.39, 0.29) is 22.6 Å². The molecule has 6 nitrogen and oxygen atoms in total. The van der Waals surface area contributed by atoms with Crippen molar-refractivity contribution in [3.05, 3.63) is 53.3 Å². The third-order valence-corrected chi connectivity index (χ3v) is 5.65. The fourth-order valence-corrected chi connectivity index (χ4v) is 3.82. The molecule has 0 bridgehead atoms. The van der Waals surface area contributed by atoms with Crippen LogP contribution < -0.4 is 0 Å². The van der Waals surface area contributed by atoms with Crippen LogP contribution in [-0.2, 0) is 25.9 Å². The first kappa shape index (κ1) is 18.4. The number of esters is 1. The van der Waals surface area contributed by atoms with E-state index in [1.54, 1.807) is 12.1 Å². The molecule has 0 fully saturated rings. The lowest BCUT2D eigenvalue weighted by atomic mass is 10.1. The highest BCUT2D eigenvalue weighted by Gasteiger charge is 2.32. The first-order valence-electron chi connectivity index (χ1n) is 8.53. The number of carbonyl (C=O) groups is 2. The van der Waals surface area contributed by atoms with Crippen molar-refractivity contribution in [3.8, 4) is 0 Å². The molecule has 1 unspecified atom stereocenters. The van der Waals surface area contributed by atoms with Gasteiger partial charge in [0.25, 0.3) is 0 Å². The minimum Gasteiger partial charge on any atom is -0.465 e. The van der Waals surface area contributed by atoms with Crippen LogP contribution in [0.25, 0.3) is 0 Å². The molecule has 138 valence electrons. The summed E-state index contributed by atoms with van der Waals surface area (Å²) in [7, 11) is -3.30. The van der Waals surface area contributed by atoms with Gasteiger partial charge < -0.3 is 9.30 Å². The van der Waals surface area contributed by atoms with E-state index in [1.807, 2.05) is 11.5 Å². The van der Waals surface area contributed by atoms with Gasteiger partial charge in [-0.15, -0.1) is 0 Å². The van der Waals surface area contributed by atoms with Gasteiger partial charge in [0.2, 0.25) is 5.78 Å². The second-order valence-electron chi connectivity index (χ2n) is 6.43. The Morgan fingerprint density at radius 3 is 2.46 bits per heavy atom. The molecule has 26 heavy (non-hydrogen) atoms. The summed E-state index contributed by atoms with van der Waals surface area (Å²) in [6, 6.07) is 9.40. The Kier molecular flexibility index (Phi) is 5.00. The van der Waals surface area contributed by atoms with Crippen LogP contribution >= 0.6 is 0 Å². The number of aromatic nitrogens is 1. The Bertz CT molecular complexity index is 941. The molecule has 3 rings (SSSR count). The van der Waals surface area contributed by atoms with Gasteiger partial charge in [0, 0.05) is 24.1 Å². The first-order chi connectivity index (χ1) is 12.3. The molecule has 1 aliphatic rings. The zero-order valence-electron chi connectivity index (χ0n) is 14.8. The molecule has 1 aromatic heterocycles. The number of ether oxygens (including phenoxy) is 1. The van der Waals surface area contributed by atoms with Crippen molar-refractivity contribution in [2.45, 2.75) is 37.1 Å². The smallest absolute Gasteiger partial charge is 0.315 e. The molecular formula is C19H21NO5S. The number of carbonyl (C=O) groups excluding carboxylic acids is 2. The molecule has 7 heteroatoms. The van der Waals surface area contributed by atoms with Gasteiger partial charge in [0.1, 0.15) is 0 Å². The van der Waals surface area contributed by atoms with Crippen molar-refractivity contribution < 1.29 is 22.7 Å². The molecule has 0 saturated heterocycles. The molecule has 2 aromatic rings.